The number of nitriles is 1. The number of aliphatic hydroxyl groups is 1. The van der Waals surface area contributed by atoms with Crippen molar-refractivity contribution in [3.8, 4) is 6.07 Å². The normalized spacial score (nSPS) is 25.2. The molecule has 1 aliphatic carbocycles. The number of hydrogen-bond donors (Lipinski definition) is 3. The summed E-state index contributed by atoms with van der Waals surface area (Å²) in [5.41, 5.74) is 4.44. The Labute approximate surface area is 188 Å². The molecule has 2 heterocycles. The molecule has 1 aliphatic heterocycles. The van der Waals surface area contributed by atoms with Crippen molar-refractivity contribution < 1.29 is 23.1 Å². The van der Waals surface area contributed by atoms with Gasteiger partial charge in [-0.05, 0) is 50.5 Å². The zero-order valence-electron chi connectivity index (χ0n) is 18.0. The van der Waals surface area contributed by atoms with Crippen molar-refractivity contribution in [3.05, 3.63) is 41.6 Å². The van der Waals surface area contributed by atoms with Crippen molar-refractivity contribution in [2.45, 2.75) is 50.0 Å². The average molecular weight is 462 g/mol. The second kappa shape index (κ2) is 8.35. The summed E-state index contributed by atoms with van der Waals surface area (Å²) in [7, 11) is 0. The van der Waals surface area contributed by atoms with E-state index in [1.807, 2.05) is 0 Å². The number of aromatic nitrogens is 2. The molecule has 2 fully saturated rings. The number of likely N-dealkylation sites (tertiary alicyclic amines) is 1. The Kier molecular flexibility index (Phi) is 5.84. The standard InChI is InChI=1S/C22H25F3N6O2/c1-21(33)11-30(12-21)16-6-7-18(13(8-16)9-26)31-10-17(19(27)32)20(29-31)28-15-4-2-14(3-5-15)22(23,24)25/h2-5,10,13,16,18,33H,6-8,11-12H2,1H3,(H2,27,32)(H,28,29)/t13-,16+,18+/m1/s1. The number of amides is 1. The molecule has 0 unspecified atom stereocenters. The van der Waals surface area contributed by atoms with E-state index in [-0.39, 0.29) is 29.4 Å². The van der Waals surface area contributed by atoms with Gasteiger partial charge in [-0.3, -0.25) is 14.4 Å². The van der Waals surface area contributed by atoms with Gasteiger partial charge in [-0.25, -0.2) is 0 Å². The third kappa shape index (κ3) is 4.82. The molecule has 1 amide bonds. The lowest BCUT2D eigenvalue weighted by molar-refractivity contribution is -0.137. The number of nitrogens with two attached hydrogens (primary N) is 1. The van der Waals surface area contributed by atoms with E-state index < -0.39 is 23.2 Å². The van der Waals surface area contributed by atoms with Crippen molar-refractivity contribution >= 4 is 17.4 Å². The minimum absolute atomic E-state index is 0.0903. The van der Waals surface area contributed by atoms with Crippen LogP contribution in [0.15, 0.2) is 30.5 Å². The fourth-order valence-corrected chi connectivity index (χ4v) is 4.72. The Morgan fingerprint density at radius 2 is 1.97 bits per heavy atom. The van der Waals surface area contributed by atoms with Gasteiger partial charge in [0.15, 0.2) is 5.82 Å². The van der Waals surface area contributed by atoms with Gasteiger partial charge in [-0.15, -0.1) is 0 Å². The molecule has 176 valence electrons. The molecule has 2 aliphatic rings. The highest BCUT2D eigenvalue weighted by atomic mass is 19.4. The van der Waals surface area contributed by atoms with Crippen LogP contribution >= 0.6 is 0 Å². The van der Waals surface area contributed by atoms with E-state index in [0.717, 1.165) is 18.6 Å². The molecule has 11 heteroatoms. The Morgan fingerprint density at radius 1 is 1.30 bits per heavy atom. The highest BCUT2D eigenvalue weighted by Crippen LogP contribution is 2.39. The first kappa shape index (κ1) is 23.1. The lowest BCUT2D eigenvalue weighted by Crippen LogP contribution is -2.63. The number of carbonyl (C=O) groups is 1. The van der Waals surface area contributed by atoms with E-state index in [4.69, 9.17) is 5.73 Å². The second-order valence-corrected chi connectivity index (χ2v) is 9.11. The number of rotatable bonds is 5. The van der Waals surface area contributed by atoms with Gasteiger partial charge in [0, 0.05) is 31.0 Å². The van der Waals surface area contributed by atoms with E-state index in [0.29, 0.717) is 31.6 Å². The molecule has 4 rings (SSSR count). The molecule has 33 heavy (non-hydrogen) atoms. The van der Waals surface area contributed by atoms with Crippen molar-refractivity contribution in [3.63, 3.8) is 0 Å². The van der Waals surface area contributed by atoms with E-state index in [1.165, 1.54) is 18.3 Å². The van der Waals surface area contributed by atoms with Crippen molar-refractivity contribution in [2.24, 2.45) is 11.7 Å². The van der Waals surface area contributed by atoms with Crippen LogP contribution in [0.3, 0.4) is 0 Å². The Bertz CT molecular complexity index is 1070. The lowest BCUT2D eigenvalue weighted by atomic mass is 9.79. The summed E-state index contributed by atoms with van der Waals surface area (Å²) in [5.74, 6) is -0.964. The van der Waals surface area contributed by atoms with Crippen LogP contribution in [0.4, 0.5) is 24.7 Å². The maximum absolute atomic E-state index is 12.8. The van der Waals surface area contributed by atoms with Crippen molar-refractivity contribution in [1.82, 2.24) is 14.7 Å². The maximum atomic E-state index is 12.8. The minimum Gasteiger partial charge on any atom is -0.388 e. The summed E-state index contributed by atoms with van der Waals surface area (Å²) in [6.07, 6.45) is -0.883. The van der Waals surface area contributed by atoms with Gasteiger partial charge in [0.25, 0.3) is 5.91 Å². The summed E-state index contributed by atoms with van der Waals surface area (Å²) < 4.78 is 40.0. The predicted octanol–water partition coefficient (Wildman–Crippen LogP) is 3.04. The molecule has 0 spiro atoms. The van der Waals surface area contributed by atoms with Crippen LogP contribution in [0.1, 0.15) is 48.1 Å². The molecular formula is C22H25F3N6O2. The summed E-state index contributed by atoms with van der Waals surface area (Å²) >= 11 is 0. The number of carbonyl (C=O) groups excluding carboxylic acids is 1. The molecule has 1 saturated carbocycles. The topological polar surface area (TPSA) is 120 Å². The number of benzene rings is 1. The van der Waals surface area contributed by atoms with E-state index in [1.54, 1.807) is 11.6 Å². The number of anilines is 2. The number of halogens is 3. The second-order valence-electron chi connectivity index (χ2n) is 9.11. The van der Waals surface area contributed by atoms with E-state index in [2.05, 4.69) is 21.4 Å². The number of primary amides is 1. The van der Waals surface area contributed by atoms with E-state index >= 15 is 0 Å². The maximum Gasteiger partial charge on any atom is 0.416 e. The smallest absolute Gasteiger partial charge is 0.388 e. The lowest BCUT2D eigenvalue weighted by Gasteiger charge is -2.50. The summed E-state index contributed by atoms with van der Waals surface area (Å²) in [6.45, 7) is 2.95. The van der Waals surface area contributed by atoms with Gasteiger partial charge in [0.05, 0.1) is 29.2 Å². The first-order chi connectivity index (χ1) is 15.5. The molecule has 1 aromatic heterocycles. The summed E-state index contributed by atoms with van der Waals surface area (Å²) in [4.78, 5) is 14.2. The van der Waals surface area contributed by atoms with Gasteiger partial charge >= 0.3 is 6.18 Å². The number of β-amino-alcohol motifs (C(OH)–C–C–N with tert-alkyl or cyclic N) is 1. The van der Waals surface area contributed by atoms with Crippen LogP contribution in [0.2, 0.25) is 0 Å². The summed E-state index contributed by atoms with van der Waals surface area (Å²) in [6, 6.07) is 6.63. The Morgan fingerprint density at radius 3 is 2.52 bits per heavy atom. The quantitative estimate of drug-likeness (QED) is 0.628. The first-order valence-corrected chi connectivity index (χ1v) is 10.7. The third-order valence-electron chi connectivity index (χ3n) is 6.37. The number of hydrogen-bond acceptors (Lipinski definition) is 6. The zero-order chi connectivity index (χ0) is 24.0. The van der Waals surface area contributed by atoms with Gasteiger partial charge in [-0.2, -0.15) is 23.5 Å². The van der Waals surface area contributed by atoms with Crippen LogP contribution in [0, 0.1) is 17.2 Å². The molecule has 1 saturated heterocycles. The third-order valence-corrected chi connectivity index (χ3v) is 6.37. The van der Waals surface area contributed by atoms with Gasteiger partial charge in [0.1, 0.15) is 5.56 Å². The zero-order valence-corrected chi connectivity index (χ0v) is 18.0. The largest absolute Gasteiger partial charge is 0.416 e. The predicted molar refractivity (Wildman–Crippen MR) is 113 cm³/mol. The molecule has 2 aromatic rings. The number of alkyl halides is 3. The highest BCUT2D eigenvalue weighted by Gasteiger charge is 2.43. The molecule has 3 atom stereocenters. The van der Waals surface area contributed by atoms with Gasteiger partial charge in [0.2, 0.25) is 0 Å². The SMILES string of the molecule is CC1(O)CN([C@H]2CC[C@H](n3cc(C(N)=O)c(Nc4ccc(C(F)(F)F)cc4)n3)[C@@H](C#N)C2)C1. The minimum atomic E-state index is -4.45. The van der Waals surface area contributed by atoms with Crippen LogP contribution in [0.25, 0.3) is 0 Å². The monoisotopic (exact) mass is 462 g/mol. The van der Waals surface area contributed by atoms with Crippen molar-refractivity contribution in [1.29, 1.82) is 5.26 Å². The molecule has 4 N–H and O–H groups in total. The molecule has 8 nitrogen and oxygen atoms in total. The summed E-state index contributed by atoms with van der Waals surface area (Å²) in [5, 5.41) is 27.1. The molecule has 0 bridgehead atoms. The fraction of sp³-hybridized carbons (Fsp3) is 0.500. The van der Waals surface area contributed by atoms with Crippen LogP contribution < -0.4 is 11.1 Å². The van der Waals surface area contributed by atoms with E-state index in [9.17, 15) is 28.3 Å². The Hall–Kier alpha value is -3.10. The molecular weight excluding hydrogens is 437 g/mol. The van der Waals surface area contributed by atoms with Gasteiger partial charge < -0.3 is 16.2 Å². The molecule has 0 radical (unpaired) electrons. The van der Waals surface area contributed by atoms with Crippen LogP contribution in [-0.2, 0) is 6.18 Å². The first-order valence-electron chi connectivity index (χ1n) is 10.7. The van der Waals surface area contributed by atoms with Crippen molar-refractivity contribution in [2.75, 3.05) is 18.4 Å². The highest BCUT2D eigenvalue weighted by molar-refractivity contribution is 5.98. The fourth-order valence-electron chi connectivity index (χ4n) is 4.72. The number of nitrogens with one attached hydrogen (secondary N) is 1. The van der Waals surface area contributed by atoms with Crippen LogP contribution in [0.5, 0.6) is 0 Å². The molecule has 1 aromatic carbocycles. The number of nitrogens with zero attached hydrogens (tertiary/aromatic N) is 4. The van der Waals surface area contributed by atoms with Crippen LogP contribution in [-0.4, -0.2) is 50.4 Å². The average Bonchev–Trinajstić information content (AvgIpc) is 3.15. The Balaban J connectivity index is 1.51. The van der Waals surface area contributed by atoms with Gasteiger partial charge in [-0.1, -0.05) is 0 Å².